The molecule has 0 saturated carbocycles. The van der Waals surface area contributed by atoms with Gasteiger partial charge in [0.05, 0.1) is 45.0 Å². The van der Waals surface area contributed by atoms with Crippen molar-refractivity contribution in [3.05, 3.63) is 78.1 Å². The van der Waals surface area contributed by atoms with E-state index in [1.165, 1.54) is 5.56 Å². The number of aryl methyl sites for hydroxylation is 1. The Bertz CT molecular complexity index is 1180. The van der Waals surface area contributed by atoms with Crippen molar-refractivity contribution in [1.82, 2.24) is 14.6 Å². The minimum Gasteiger partial charge on any atom is -0.496 e. The highest BCUT2D eigenvalue weighted by Gasteiger charge is 2.24. The number of piperazine rings is 1. The summed E-state index contributed by atoms with van der Waals surface area (Å²) in [7, 11) is 1.70. The first-order valence-electron chi connectivity index (χ1n) is 10.8. The standard InChI is InChI=1S/C25H27N5O/c1-19-16-24(29-14-12-28(13-15-29)18-20-8-4-3-5-9-20)30-25(27-19)22(17-26-30)21-10-6-7-11-23(21)31-2/h3-11,16-17H,12-15,18H2,1-2H3/p+1. The van der Waals surface area contributed by atoms with Crippen molar-refractivity contribution >= 4 is 11.5 Å². The topological polar surface area (TPSA) is 47.1 Å². The molecule has 6 heteroatoms. The lowest BCUT2D eigenvalue weighted by Crippen LogP contribution is -3.13. The number of benzene rings is 2. The summed E-state index contributed by atoms with van der Waals surface area (Å²) in [6.07, 6.45) is 1.90. The summed E-state index contributed by atoms with van der Waals surface area (Å²) in [5.41, 5.74) is 5.29. The van der Waals surface area contributed by atoms with E-state index in [-0.39, 0.29) is 0 Å². The van der Waals surface area contributed by atoms with Gasteiger partial charge in [-0.1, -0.05) is 48.5 Å². The third-order valence-electron chi connectivity index (χ3n) is 6.07. The second kappa shape index (κ2) is 8.40. The predicted molar refractivity (Wildman–Crippen MR) is 123 cm³/mol. The van der Waals surface area contributed by atoms with Crippen LogP contribution in [0.3, 0.4) is 0 Å². The predicted octanol–water partition coefficient (Wildman–Crippen LogP) is 2.62. The zero-order valence-electron chi connectivity index (χ0n) is 18.1. The van der Waals surface area contributed by atoms with Gasteiger partial charge in [0.15, 0.2) is 5.65 Å². The lowest BCUT2D eigenvalue weighted by atomic mass is 10.1. The lowest BCUT2D eigenvalue weighted by Gasteiger charge is -2.33. The third kappa shape index (κ3) is 3.86. The normalized spacial score (nSPS) is 14.8. The van der Waals surface area contributed by atoms with Crippen LogP contribution in [-0.4, -0.2) is 47.9 Å². The molecule has 0 bridgehead atoms. The number of rotatable bonds is 5. The molecule has 1 aliphatic heterocycles. The van der Waals surface area contributed by atoms with Crippen LogP contribution in [0.25, 0.3) is 16.8 Å². The van der Waals surface area contributed by atoms with E-state index in [1.807, 2.05) is 28.9 Å². The van der Waals surface area contributed by atoms with Crippen molar-refractivity contribution in [3.8, 4) is 16.9 Å². The van der Waals surface area contributed by atoms with Gasteiger partial charge in [-0.3, -0.25) is 0 Å². The summed E-state index contributed by atoms with van der Waals surface area (Å²) < 4.78 is 7.56. The molecule has 0 unspecified atom stereocenters. The van der Waals surface area contributed by atoms with Gasteiger partial charge in [0.2, 0.25) is 0 Å². The second-order valence-electron chi connectivity index (χ2n) is 8.15. The molecule has 6 nitrogen and oxygen atoms in total. The van der Waals surface area contributed by atoms with Crippen molar-refractivity contribution in [1.29, 1.82) is 0 Å². The smallest absolute Gasteiger partial charge is 0.165 e. The van der Waals surface area contributed by atoms with E-state index in [2.05, 4.69) is 54.3 Å². The first-order chi connectivity index (χ1) is 15.2. The first-order valence-corrected chi connectivity index (χ1v) is 10.8. The summed E-state index contributed by atoms with van der Waals surface area (Å²) in [6, 6.07) is 21.0. The molecule has 31 heavy (non-hydrogen) atoms. The highest BCUT2D eigenvalue weighted by molar-refractivity contribution is 5.82. The maximum absolute atomic E-state index is 5.58. The lowest BCUT2D eigenvalue weighted by molar-refractivity contribution is -0.914. The van der Waals surface area contributed by atoms with Crippen LogP contribution >= 0.6 is 0 Å². The quantitative estimate of drug-likeness (QED) is 0.545. The molecule has 158 valence electrons. The van der Waals surface area contributed by atoms with Gasteiger partial charge < -0.3 is 14.5 Å². The maximum atomic E-state index is 5.58. The average Bonchev–Trinajstić information content (AvgIpc) is 3.23. The van der Waals surface area contributed by atoms with E-state index in [4.69, 9.17) is 14.8 Å². The summed E-state index contributed by atoms with van der Waals surface area (Å²) in [4.78, 5) is 8.89. The number of anilines is 1. The highest BCUT2D eigenvalue weighted by Crippen LogP contribution is 2.33. The number of hydrogen-bond donors (Lipinski definition) is 1. The van der Waals surface area contributed by atoms with Gasteiger partial charge in [0.25, 0.3) is 0 Å². The summed E-state index contributed by atoms with van der Waals surface area (Å²) in [5.74, 6) is 1.95. The summed E-state index contributed by atoms with van der Waals surface area (Å²) >= 11 is 0. The Labute approximate surface area is 182 Å². The summed E-state index contributed by atoms with van der Waals surface area (Å²) in [6.45, 7) is 7.37. The van der Waals surface area contributed by atoms with Gasteiger partial charge in [0.1, 0.15) is 18.1 Å². The number of ether oxygens (including phenoxy) is 1. The van der Waals surface area contributed by atoms with Crippen molar-refractivity contribution in [2.75, 3.05) is 38.2 Å². The van der Waals surface area contributed by atoms with Crippen molar-refractivity contribution in [3.63, 3.8) is 0 Å². The Morgan fingerprint density at radius 3 is 2.48 bits per heavy atom. The molecule has 0 spiro atoms. The molecule has 0 aliphatic carbocycles. The van der Waals surface area contributed by atoms with Crippen LogP contribution in [0.2, 0.25) is 0 Å². The Morgan fingerprint density at radius 1 is 0.968 bits per heavy atom. The Kier molecular flexibility index (Phi) is 5.30. The molecule has 0 radical (unpaired) electrons. The Morgan fingerprint density at radius 2 is 1.71 bits per heavy atom. The monoisotopic (exact) mass is 414 g/mol. The van der Waals surface area contributed by atoms with Gasteiger partial charge in [-0.05, 0) is 13.0 Å². The molecule has 1 aliphatic rings. The van der Waals surface area contributed by atoms with Crippen molar-refractivity contribution in [2.24, 2.45) is 0 Å². The number of hydrogen-bond acceptors (Lipinski definition) is 4. The average molecular weight is 415 g/mol. The number of nitrogens with zero attached hydrogens (tertiary/aromatic N) is 4. The molecule has 1 N–H and O–H groups in total. The third-order valence-corrected chi connectivity index (χ3v) is 6.07. The van der Waals surface area contributed by atoms with E-state index < -0.39 is 0 Å². The van der Waals surface area contributed by atoms with Gasteiger partial charge >= 0.3 is 0 Å². The molecule has 5 rings (SSSR count). The van der Waals surface area contributed by atoms with Crippen LogP contribution in [0.15, 0.2) is 66.9 Å². The molecular weight excluding hydrogens is 386 g/mol. The fourth-order valence-corrected chi connectivity index (χ4v) is 4.46. The van der Waals surface area contributed by atoms with Crippen molar-refractivity contribution in [2.45, 2.75) is 13.5 Å². The van der Waals surface area contributed by atoms with Gasteiger partial charge in [-0.15, -0.1) is 0 Å². The zero-order chi connectivity index (χ0) is 21.2. The molecule has 4 aromatic rings. The maximum Gasteiger partial charge on any atom is 0.165 e. The largest absolute Gasteiger partial charge is 0.496 e. The first kappa shape index (κ1) is 19.6. The number of para-hydroxylation sites is 1. The molecule has 1 saturated heterocycles. The van der Waals surface area contributed by atoms with E-state index in [0.717, 1.165) is 66.8 Å². The van der Waals surface area contributed by atoms with E-state index in [9.17, 15) is 0 Å². The number of aromatic nitrogens is 3. The fourth-order valence-electron chi connectivity index (χ4n) is 4.46. The SMILES string of the molecule is COc1ccccc1-c1cnn2c(N3CC[NH+](Cc4ccccc4)CC3)cc(C)nc12. The van der Waals surface area contributed by atoms with E-state index in [0.29, 0.717) is 0 Å². The van der Waals surface area contributed by atoms with Crippen LogP contribution < -0.4 is 14.5 Å². The van der Waals surface area contributed by atoms with Crippen LogP contribution in [0.1, 0.15) is 11.3 Å². The van der Waals surface area contributed by atoms with Crippen LogP contribution in [-0.2, 0) is 6.54 Å². The molecule has 0 atom stereocenters. The number of methoxy groups -OCH3 is 1. The minimum atomic E-state index is 0.834. The molecule has 3 heterocycles. The Hall–Kier alpha value is -3.38. The fraction of sp³-hybridized carbons (Fsp3) is 0.280. The molecule has 2 aromatic carbocycles. The number of nitrogens with one attached hydrogen (secondary N) is 1. The molecule has 1 fully saturated rings. The number of fused-ring (bicyclic) bond motifs is 1. The van der Waals surface area contributed by atoms with Crippen LogP contribution in [0.5, 0.6) is 5.75 Å². The Balaban J connectivity index is 1.42. The molecule has 0 amide bonds. The van der Waals surface area contributed by atoms with E-state index in [1.54, 1.807) is 12.0 Å². The molecular formula is C25H28N5O+. The second-order valence-corrected chi connectivity index (χ2v) is 8.15. The highest BCUT2D eigenvalue weighted by atomic mass is 16.5. The minimum absolute atomic E-state index is 0.834. The van der Waals surface area contributed by atoms with Crippen LogP contribution in [0, 0.1) is 6.92 Å². The van der Waals surface area contributed by atoms with Gasteiger partial charge in [-0.25, -0.2) is 4.98 Å². The van der Waals surface area contributed by atoms with Gasteiger partial charge in [-0.2, -0.15) is 9.61 Å². The zero-order valence-corrected chi connectivity index (χ0v) is 18.1. The van der Waals surface area contributed by atoms with Crippen LogP contribution in [0.4, 0.5) is 5.82 Å². The van der Waals surface area contributed by atoms with Crippen molar-refractivity contribution < 1.29 is 9.64 Å². The summed E-state index contributed by atoms with van der Waals surface area (Å²) in [5, 5.41) is 4.72. The van der Waals surface area contributed by atoms with E-state index >= 15 is 0 Å². The number of quaternary nitrogens is 1. The van der Waals surface area contributed by atoms with Gasteiger partial charge in [0, 0.05) is 22.9 Å². The molecule has 2 aromatic heterocycles.